The second-order valence-electron chi connectivity index (χ2n) is 4.11. The fourth-order valence-electron chi connectivity index (χ4n) is 1.70. The molecule has 1 rings (SSSR count). The third-order valence-corrected chi connectivity index (χ3v) is 2.95. The number of rotatable bonds is 6. The van der Waals surface area contributed by atoms with Gasteiger partial charge in [-0.05, 0) is 38.2 Å². The Balaban J connectivity index is 2.18. The molecule has 0 spiro atoms. The molecule has 1 heterocycles. The highest BCUT2D eigenvalue weighted by Gasteiger charge is 2.19. The van der Waals surface area contributed by atoms with Crippen molar-refractivity contribution in [1.29, 1.82) is 0 Å². The number of cyclic esters (lactones) is 1. The molecule has 1 atom stereocenters. The minimum atomic E-state index is -0.168. The van der Waals surface area contributed by atoms with Gasteiger partial charge in [-0.1, -0.05) is 13.3 Å². The first-order valence-electron chi connectivity index (χ1n) is 5.69. The van der Waals surface area contributed by atoms with Crippen LogP contribution in [0.25, 0.3) is 0 Å². The van der Waals surface area contributed by atoms with Gasteiger partial charge in [-0.3, -0.25) is 0 Å². The molecule has 0 aromatic heterocycles. The first-order valence-corrected chi connectivity index (χ1v) is 5.69. The molecule has 1 unspecified atom stereocenters. The highest BCUT2D eigenvalue weighted by Crippen LogP contribution is 2.21. The van der Waals surface area contributed by atoms with Crippen molar-refractivity contribution < 1.29 is 14.6 Å². The van der Waals surface area contributed by atoms with Crippen LogP contribution in [-0.2, 0) is 9.53 Å². The number of aliphatic hydroxyl groups excluding tert-OH is 1. The van der Waals surface area contributed by atoms with Gasteiger partial charge in [-0.2, -0.15) is 0 Å². The van der Waals surface area contributed by atoms with E-state index in [4.69, 9.17) is 4.74 Å². The van der Waals surface area contributed by atoms with Crippen LogP contribution < -0.4 is 0 Å². The Morgan fingerprint density at radius 3 is 2.73 bits per heavy atom. The van der Waals surface area contributed by atoms with E-state index in [2.05, 4.69) is 0 Å². The van der Waals surface area contributed by atoms with Gasteiger partial charge in [-0.15, -0.1) is 0 Å². The summed E-state index contributed by atoms with van der Waals surface area (Å²) in [6, 6.07) is 0. The van der Waals surface area contributed by atoms with Crippen molar-refractivity contribution in [3.05, 3.63) is 11.1 Å². The van der Waals surface area contributed by atoms with Gasteiger partial charge in [0.25, 0.3) is 0 Å². The molecule has 0 fully saturated rings. The van der Waals surface area contributed by atoms with Crippen molar-refractivity contribution >= 4 is 5.97 Å². The maximum atomic E-state index is 11.1. The van der Waals surface area contributed by atoms with Crippen molar-refractivity contribution in [1.82, 2.24) is 0 Å². The quantitative estimate of drug-likeness (QED) is 0.542. The molecule has 0 aromatic rings. The van der Waals surface area contributed by atoms with Gasteiger partial charge in [0.05, 0.1) is 6.10 Å². The van der Waals surface area contributed by atoms with Crippen LogP contribution in [0.5, 0.6) is 0 Å². The molecule has 0 saturated heterocycles. The van der Waals surface area contributed by atoms with Gasteiger partial charge in [0.1, 0.15) is 6.61 Å². The Hall–Kier alpha value is -0.830. The van der Waals surface area contributed by atoms with Gasteiger partial charge >= 0.3 is 5.97 Å². The van der Waals surface area contributed by atoms with Gasteiger partial charge in [0.15, 0.2) is 0 Å². The maximum absolute atomic E-state index is 11.1. The Bertz CT molecular complexity index is 256. The zero-order chi connectivity index (χ0) is 11.3. The molecule has 0 bridgehead atoms. The normalized spacial score (nSPS) is 18.2. The van der Waals surface area contributed by atoms with Crippen LogP contribution in [-0.4, -0.2) is 23.8 Å². The third-order valence-electron chi connectivity index (χ3n) is 2.95. The molecule has 1 aliphatic heterocycles. The minimum absolute atomic E-state index is 0.165. The van der Waals surface area contributed by atoms with E-state index in [0.717, 1.165) is 43.3 Å². The van der Waals surface area contributed by atoms with Crippen molar-refractivity contribution in [3.63, 3.8) is 0 Å². The van der Waals surface area contributed by atoms with Crippen LogP contribution in [0.4, 0.5) is 0 Å². The maximum Gasteiger partial charge on any atom is 0.334 e. The predicted octanol–water partition coefficient (Wildman–Crippen LogP) is 2.19. The lowest BCUT2D eigenvalue weighted by molar-refractivity contribution is -0.135. The molecule has 0 amide bonds. The molecule has 15 heavy (non-hydrogen) atoms. The SMILES string of the molecule is CCC(O)CCCCC1=C(C)C(=O)OC1. The molecular weight excluding hydrogens is 192 g/mol. The summed E-state index contributed by atoms with van der Waals surface area (Å²) in [5.41, 5.74) is 1.91. The van der Waals surface area contributed by atoms with E-state index in [1.165, 1.54) is 0 Å². The van der Waals surface area contributed by atoms with E-state index >= 15 is 0 Å². The zero-order valence-corrected chi connectivity index (χ0v) is 9.58. The molecule has 1 N–H and O–H groups in total. The number of aliphatic hydroxyl groups is 1. The average molecular weight is 212 g/mol. The number of esters is 1. The smallest absolute Gasteiger partial charge is 0.334 e. The molecule has 3 nitrogen and oxygen atoms in total. The summed E-state index contributed by atoms with van der Waals surface area (Å²) in [5, 5.41) is 9.35. The van der Waals surface area contributed by atoms with E-state index < -0.39 is 0 Å². The lowest BCUT2D eigenvalue weighted by Gasteiger charge is -2.06. The monoisotopic (exact) mass is 212 g/mol. The summed E-state index contributed by atoms with van der Waals surface area (Å²) in [4.78, 5) is 11.1. The number of carbonyl (C=O) groups excluding carboxylic acids is 1. The van der Waals surface area contributed by atoms with Crippen LogP contribution in [0.1, 0.15) is 46.0 Å². The average Bonchev–Trinajstić information content (AvgIpc) is 2.55. The minimum Gasteiger partial charge on any atom is -0.458 e. The van der Waals surface area contributed by atoms with Crippen molar-refractivity contribution in [2.75, 3.05) is 6.61 Å². The summed E-state index contributed by atoms with van der Waals surface area (Å²) in [7, 11) is 0. The third kappa shape index (κ3) is 3.67. The lowest BCUT2D eigenvalue weighted by atomic mass is 10.0. The van der Waals surface area contributed by atoms with E-state index in [-0.39, 0.29) is 12.1 Å². The molecule has 0 aromatic carbocycles. The fraction of sp³-hybridized carbons (Fsp3) is 0.750. The van der Waals surface area contributed by atoms with Gasteiger partial charge in [-0.25, -0.2) is 4.79 Å². The van der Waals surface area contributed by atoms with E-state index in [1.54, 1.807) is 0 Å². The molecule has 0 saturated carbocycles. The number of carbonyl (C=O) groups is 1. The molecular formula is C12H20O3. The summed E-state index contributed by atoms with van der Waals surface area (Å²) in [6.45, 7) is 4.29. The van der Waals surface area contributed by atoms with Crippen molar-refractivity contribution in [2.24, 2.45) is 0 Å². The van der Waals surface area contributed by atoms with Crippen LogP contribution in [0.2, 0.25) is 0 Å². The van der Waals surface area contributed by atoms with E-state index in [9.17, 15) is 9.90 Å². The van der Waals surface area contributed by atoms with Crippen molar-refractivity contribution in [3.8, 4) is 0 Å². The number of unbranched alkanes of at least 4 members (excludes halogenated alkanes) is 1. The zero-order valence-electron chi connectivity index (χ0n) is 9.58. The molecule has 1 aliphatic rings. The second kappa shape index (κ2) is 5.91. The first kappa shape index (κ1) is 12.2. The Morgan fingerprint density at radius 2 is 2.20 bits per heavy atom. The highest BCUT2D eigenvalue weighted by atomic mass is 16.5. The molecule has 86 valence electrons. The lowest BCUT2D eigenvalue weighted by Crippen LogP contribution is -2.03. The predicted molar refractivity (Wildman–Crippen MR) is 58.4 cm³/mol. The second-order valence-corrected chi connectivity index (χ2v) is 4.11. The highest BCUT2D eigenvalue weighted by molar-refractivity contribution is 5.90. The summed E-state index contributed by atoms with van der Waals surface area (Å²) < 4.78 is 4.91. The standard InChI is InChI=1S/C12H20O3/c1-3-11(13)7-5-4-6-10-8-15-12(14)9(10)2/h11,13H,3-8H2,1-2H3. The van der Waals surface area contributed by atoms with Crippen LogP contribution in [0.3, 0.4) is 0 Å². The molecule has 0 radical (unpaired) electrons. The van der Waals surface area contributed by atoms with Gasteiger partial charge < -0.3 is 9.84 Å². The molecule has 0 aliphatic carbocycles. The van der Waals surface area contributed by atoms with Crippen LogP contribution >= 0.6 is 0 Å². The Labute approximate surface area is 91.1 Å². The largest absolute Gasteiger partial charge is 0.458 e. The van der Waals surface area contributed by atoms with Gasteiger partial charge in [0, 0.05) is 5.57 Å². The van der Waals surface area contributed by atoms with Crippen LogP contribution in [0.15, 0.2) is 11.1 Å². The van der Waals surface area contributed by atoms with Gasteiger partial charge in [0.2, 0.25) is 0 Å². The number of hydrogen-bond acceptors (Lipinski definition) is 3. The first-order chi connectivity index (χ1) is 7.15. The van der Waals surface area contributed by atoms with E-state index in [0.29, 0.717) is 6.61 Å². The number of ether oxygens (including phenoxy) is 1. The van der Waals surface area contributed by atoms with Crippen molar-refractivity contribution in [2.45, 2.75) is 52.1 Å². The topological polar surface area (TPSA) is 46.5 Å². The Kier molecular flexibility index (Phi) is 4.82. The summed E-state index contributed by atoms with van der Waals surface area (Å²) in [5.74, 6) is -0.168. The molecule has 3 heteroatoms. The van der Waals surface area contributed by atoms with Crippen LogP contribution in [0, 0.1) is 0 Å². The number of hydrogen-bond donors (Lipinski definition) is 1. The fourth-order valence-corrected chi connectivity index (χ4v) is 1.70. The summed E-state index contributed by atoms with van der Waals surface area (Å²) in [6.07, 6.45) is 4.48. The van der Waals surface area contributed by atoms with E-state index in [1.807, 2.05) is 13.8 Å². The summed E-state index contributed by atoms with van der Waals surface area (Å²) >= 11 is 0. The Morgan fingerprint density at radius 1 is 1.47 bits per heavy atom.